The number of carboxylic acids is 1. The van der Waals surface area contributed by atoms with E-state index in [-0.39, 0.29) is 56.5 Å². The molecular formula is C47H71N5O7Si2. The highest BCUT2D eigenvalue weighted by Gasteiger charge is 2.26. The summed E-state index contributed by atoms with van der Waals surface area (Å²) in [7, 11) is -2.06. The number of carbonyl (C=O) groups excluding carboxylic acids is 5. The molecule has 5 amide bonds. The summed E-state index contributed by atoms with van der Waals surface area (Å²) in [4.78, 5) is 72.9. The first kappa shape index (κ1) is 52.1. The van der Waals surface area contributed by atoms with Crippen molar-refractivity contribution in [1.82, 2.24) is 21.3 Å². The first-order valence-electron chi connectivity index (χ1n) is 21.6. The first-order chi connectivity index (χ1) is 28.7. The maximum Gasteiger partial charge on any atom is 0.307 e. The number of aliphatic carboxylic acids is 1. The van der Waals surface area contributed by atoms with Gasteiger partial charge in [0.05, 0.1) is 37.0 Å². The number of primary amides is 1. The van der Waals surface area contributed by atoms with Crippen molar-refractivity contribution in [2.24, 2.45) is 11.7 Å². The predicted octanol–water partition coefficient (Wildman–Crippen LogP) is 4.03. The number of nitrogens with two attached hydrogens (primary N) is 1. The molecule has 3 rings (SSSR count). The van der Waals surface area contributed by atoms with E-state index in [0.29, 0.717) is 11.1 Å². The highest BCUT2D eigenvalue weighted by atomic mass is 28.3. The number of carboxylic acid groups (broad SMARTS) is 1. The normalized spacial score (nSPS) is 12.3. The van der Waals surface area contributed by atoms with Gasteiger partial charge < -0.3 is 32.1 Å². The zero-order valence-electron chi connectivity index (χ0n) is 37.9. The molecule has 0 aliphatic rings. The Hall–Kier alpha value is -5.09. The fraction of sp³-hybridized carbons (Fsp3) is 0.489. The molecule has 0 saturated heterocycles. The SMILES string of the molecule is CC(C)[C@H](NC(=O)Cc1ccc([SiH](C(C)C)C(C)C)cc1)C(=O)NCCC(=O)N[C@@H](Cc1ccccc1)C(=O)NCC(N)=O.CC(C)[SiH](c1ccc(CC(=O)O)cc1)C(C)C. The van der Waals surface area contributed by atoms with Crippen LogP contribution in [-0.4, -0.2) is 83.4 Å². The second-order valence-electron chi connectivity index (χ2n) is 17.6. The van der Waals surface area contributed by atoms with E-state index in [9.17, 15) is 28.8 Å². The minimum Gasteiger partial charge on any atom is -0.481 e. The van der Waals surface area contributed by atoms with Crippen LogP contribution in [0.25, 0.3) is 0 Å². The summed E-state index contributed by atoms with van der Waals surface area (Å²) in [5.41, 5.74) is 10.5. The molecule has 0 saturated carbocycles. The van der Waals surface area contributed by atoms with Gasteiger partial charge in [0, 0.05) is 19.4 Å². The van der Waals surface area contributed by atoms with Crippen molar-refractivity contribution in [2.75, 3.05) is 13.1 Å². The maximum atomic E-state index is 13.0. The fourth-order valence-corrected chi connectivity index (χ4v) is 15.4. The van der Waals surface area contributed by atoms with Crippen LogP contribution in [0.3, 0.4) is 0 Å². The molecule has 0 aromatic heterocycles. The molecule has 3 aromatic carbocycles. The summed E-state index contributed by atoms with van der Waals surface area (Å²) < 4.78 is 0. The molecule has 0 spiro atoms. The Kier molecular flexibility index (Phi) is 22.4. The van der Waals surface area contributed by atoms with E-state index in [2.05, 4.69) is 101 Å². The minimum absolute atomic E-state index is 0.0168. The van der Waals surface area contributed by atoms with Gasteiger partial charge in [0.1, 0.15) is 12.1 Å². The average molecular weight is 874 g/mol. The third-order valence-electron chi connectivity index (χ3n) is 10.6. The summed E-state index contributed by atoms with van der Waals surface area (Å²) in [6, 6.07) is 23.9. The van der Waals surface area contributed by atoms with Crippen LogP contribution in [0.4, 0.5) is 0 Å². The Bertz CT molecular complexity index is 1840. The topological polar surface area (TPSA) is 197 Å². The molecule has 2 atom stereocenters. The molecule has 0 radical (unpaired) electrons. The summed E-state index contributed by atoms with van der Waals surface area (Å²) >= 11 is 0. The molecule has 0 bridgehead atoms. The van der Waals surface area contributed by atoms with Crippen LogP contribution in [0.2, 0.25) is 22.2 Å². The van der Waals surface area contributed by atoms with Crippen molar-refractivity contribution < 1.29 is 33.9 Å². The van der Waals surface area contributed by atoms with E-state index >= 15 is 0 Å². The Morgan fingerprint density at radius 1 is 0.574 bits per heavy atom. The van der Waals surface area contributed by atoms with Gasteiger partial charge in [-0.3, -0.25) is 28.8 Å². The zero-order valence-corrected chi connectivity index (χ0v) is 40.2. The van der Waals surface area contributed by atoms with E-state index in [4.69, 9.17) is 10.8 Å². The lowest BCUT2D eigenvalue weighted by molar-refractivity contribution is -0.136. The second kappa shape index (κ2) is 26.3. The summed E-state index contributed by atoms with van der Waals surface area (Å²) in [6.45, 7) is 21.6. The lowest BCUT2D eigenvalue weighted by Crippen LogP contribution is -2.51. The summed E-state index contributed by atoms with van der Waals surface area (Å²) in [5.74, 6) is -3.27. The molecule has 61 heavy (non-hydrogen) atoms. The molecule has 3 aromatic rings. The monoisotopic (exact) mass is 873 g/mol. The Morgan fingerprint density at radius 2 is 1.05 bits per heavy atom. The standard InChI is InChI=1S/C33H49N5O5Si.C14H22O2Si/c1-21(2)31(38-30(41)19-25-12-14-26(15-13-25)44(22(3)4)23(5)6)33(43)35-17-16-29(40)37-27(32(42)36-20-28(34)39)18-24-10-8-7-9-11-24;1-10(2)17(11(3)4)13-7-5-12(6-8-13)9-14(15)16/h7-15,21-23,27,31,44H,16-20H2,1-6H3,(H2,34,39)(H,35,43)(H,36,42)(H,37,40)(H,38,41);5-8,10-11,17H,9H2,1-4H3,(H,15,16)/t27-,31-;/m0./s1. The third-order valence-corrected chi connectivity index (χ3v) is 18.7. The molecule has 0 unspecified atom stereocenters. The van der Waals surface area contributed by atoms with E-state index in [0.717, 1.165) is 27.8 Å². The van der Waals surface area contributed by atoms with Gasteiger partial charge in [-0.1, -0.05) is 158 Å². The number of nitrogens with one attached hydrogen (secondary N) is 4. The van der Waals surface area contributed by atoms with Crippen molar-refractivity contribution >= 4 is 63.5 Å². The largest absolute Gasteiger partial charge is 0.481 e. The quantitative estimate of drug-likeness (QED) is 0.0820. The van der Waals surface area contributed by atoms with Crippen molar-refractivity contribution in [3.8, 4) is 0 Å². The van der Waals surface area contributed by atoms with Gasteiger partial charge in [-0.2, -0.15) is 0 Å². The maximum absolute atomic E-state index is 13.0. The second-order valence-corrected chi connectivity index (χ2v) is 26.4. The van der Waals surface area contributed by atoms with E-state index in [1.807, 2.05) is 68.4 Å². The first-order valence-corrected chi connectivity index (χ1v) is 25.4. The molecule has 0 fully saturated rings. The fourth-order valence-electron chi connectivity index (χ4n) is 7.95. The van der Waals surface area contributed by atoms with Crippen LogP contribution in [0, 0.1) is 5.92 Å². The van der Waals surface area contributed by atoms with Crippen molar-refractivity contribution in [2.45, 2.75) is 129 Å². The smallest absolute Gasteiger partial charge is 0.307 e. The van der Waals surface area contributed by atoms with Crippen LogP contribution >= 0.6 is 0 Å². The number of hydrogen-bond donors (Lipinski definition) is 6. The number of rotatable bonds is 22. The predicted molar refractivity (Wildman–Crippen MR) is 251 cm³/mol. The molecule has 0 aliphatic heterocycles. The Labute approximate surface area is 366 Å². The number of benzene rings is 3. The number of carbonyl (C=O) groups is 6. The van der Waals surface area contributed by atoms with Gasteiger partial charge in [-0.25, -0.2) is 0 Å². The minimum atomic E-state index is -1.12. The van der Waals surface area contributed by atoms with Crippen molar-refractivity contribution in [3.63, 3.8) is 0 Å². The lowest BCUT2D eigenvalue weighted by Gasteiger charge is -2.24. The van der Waals surface area contributed by atoms with Gasteiger partial charge in [0.15, 0.2) is 0 Å². The van der Waals surface area contributed by atoms with Gasteiger partial charge >= 0.3 is 5.97 Å². The highest BCUT2D eigenvalue weighted by molar-refractivity contribution is 6.76. The van der Waals surface area contributed by atoms with Crippen molar-refractivity contribution in [1.29, 1.82) is 0 Å². The number of amides is 5. The molecule has 0 aliphatic carbocycles. The number of hydrogen-bond acceptors (Lipinski definition) is 6. The summed E-state index contributed by atoms with van der Waals surface area (Å²) in [6.07, 6.45) is 0.416. The summed E-state index contributed by atoms with van der Waals surface area (Å²) in [5, 5.41) is 22.2. The van der Waals surface area contributed by atoms with Crippen molar-refractivity contribution in [3.05, 3.63) is 95.6 Å². The van der Waals surface area contributed by atoms with E-state index in [1.54, 1.807) is 0 Å². The molecule has 0 heterocycles. The van der Waals surface area contributed by atoms with Gasteiger partial charge in [-0.15, -0.1) is 0 Å². The molecular weight excluding hydrogens is 803 g/mol. The van der Waals surface area contributed by atoms with Crippen LogP contribution < -0.4 is 37.4 Å². The van der Waals surface area contributed by atoms with E-state index in [1.165, 1.54) is 10.4 Å². The van der Waals surface area contributed by atoms with Gasteiger partial charge in [0.2, 0.25) is 29.5 Å². The van der Waals surface area contributed by atoms with Crippen LogP contribution in [0.15, 0.2) is 78.9 Å². The molecule has 7 N–H and O–H groups in total. The Morgan fingerprint density at radius 3 is 1.48 bits per heavy atom. The van der Waals surface area contributed by atoms with Crippen LogP contribution in [-0.2, 0) is 48.0 Å². The Balaban J connectivity index is 0.000000627. The molecule has 12 nitrogen and oxygen atoms in total. The lowest BCUT2D eigenvalue weighted by atomic mass is 10.0. The zero-order chi connectivity index (χ0) is 45.8. The average Bonchev–Trinajstić information content (AvgIpc) is 3.17. The van der Waals surface area contributed by atoms with E-state index < -0.39 is 53.4 Å². The molecule has 14 heteroatoms. The van der Waals surface area contributed by atoms with Gasteiger partial charge in [0.25, 0.3) is 0 Å². The highest BCUT2D eigenvalue weighted by Crippen LogP contribution is 2.21. The van der Waals surface area contributed by atoms with Crippen LogP contribution in [0.1, 0.15) is 92.3 Å². The van der Waals surface area contributed by atoms with Crippen LogP contribution in [0.5, 0.6) is 0 Å². The molecule has 334 valence electrons. The third kappa shape index (κ3) is 19.0. The van der Waals surface area contributed by atoms with Gasteiger partial charge in [-0.05, 0) is 44.8 Å².